The summed E-state index contributed by atoms with van der Waals surface area (Å²) >= 11 is 11.6. The van der Waals surface area contributed by atoms with Gasteiger partial charge in [0.15, 0.2) is 0 Å². The first-order valence-electron chi connectivity index (χ1n) is 8.41. The summed E-state index contributed by atoms with van der Waals surface area (Å²) in [4.78, 5) is 12.7. The summed E-state index contributed by atoms with van der Waals surface area (Å²) in [6.45, 7) is 0. The highest BCUT2D eigenvalue weighted by Gasteiger charge is 2.72. The number of carbonyl (C=O) groups is 1. The van der Waals surface area contributed by atoms with Crippen LogP contribution in [-0.2, 0) is 5.60 Å². The molecular formula is C20H11Cl2F6NO2. The predicted octanol–water partition coefficient (Wildman–Crippen LogP) is 6.71. The van der Waals surface area contributed by atoms with E-state index in [2.05, 4.69) is 5.32 Å². The minimum atomic E-state index is -6.13. The van der Waals surface area contributed by atoms with E-state index in [1.807, 2.05) is 0 Å². The van der Waals surface area contributed by atoms with Gasteiger partial charge in [0, 0.05) is 26.6 Å². The fourth-order valence-corrected chi connectivity index (χ4v) is 3.57. The topological polar surface area (TPSA) is 49.3 Å². The van der Waals surface area contributed by atoms with Gasteiger partial charge in [0.05, 0.1) is 5.69 Å². The van der Waals surface area contributed by atoms with Gasteiger partial charge in [-0.15, -0.1) is 0 Å². The molecule has 0 saturated heterocycles. The Morgan fingerprint density at radius 1 is 0.839 bits per heavy atom. The second-order valence-corrected chi connectivity index (χ2v) is 7.40. The number of amides is 1. The molecule has 3 aromatic rings. The zero-order valence-electron chi connectivity index (χ0n) is 15.1. The molecule has 3 nitrogen and oxygen atoms in total. The highest BCUT2D eigenvalue weighted by atomic mass is 35.5. The van der Waals surface area contributed by atoms with Crippen LogP contribution in [-0.4, -0.2) is 23.4 Å². The van der Waals surface area contributed by atoms with Gasteiger partial charge in [-0.1, -0.05) is 59.6 Å². The third kappa shape index (κ3) is 4.17. The van der Waals surface area contributed by atoms with Crippen molar-refractivity contribution < 1.29 is 36.2 Å². The number of hydrogen-bond acceptors (Lipinski definition) is 2. The molecule has 0 bridgehead atoms. The maximum atomic E-state index is 13.5. The molecule has 0 atom stereocenters. The van der Waals surface area contributed by atoms with Gasteiger partial charge in [-0.05, 0) is 23.6 Å². The lowest BCUT2D eigenvalue weighted by atomic mass is 9.88. The van der Waals surface area contributed by atoms with Gasteiger partial charge in [0.25, 0.3) is 11.5 Å². The van der Waals surface area contributed by atoms with Crippen LogP contribution in [0, 0.1) is 0 Å². The first-order chi connectivity index (χ1) is 14.3. The molecule has 0 saturated carbocycles. The van der Waals surface area contributed by atoms with Crippen molar-refractivity contribution in [3.8, 4) is 0 Å². The van der Waals surface area contributed by atoms with Crippen molar-refractivity contribution in [2.24, 2.45) is 0 Å². The average molecular weight is 482 g/mol. The lowest BCUT2D eigenvalue weighted by Gasteiger charge is -2.34. The molecule has 164 valence electrons. The van der Waals surface area contributed by atoms with E-state index in [0.717, 1.165) is 18.2 Å². The van der Waals surface area contributed by atoms with Crippen LogP contribution in [0.5, 0.6) is 0 Å². The van der Waals surface area contributed by atoms with Crippen LogP contribution in [0.3, 0.4) is 0 Å². The van der Waals surface area contributed by atoms with Crippen molar-refractivity contribution in [2.75, 3.05) is 5.32 Å². The van der Waals surface area contributed by atoms with Gasteiger partial charge in [-0.3, -0.25) is 4.79 Å². The molecule has 0 aromatic heterocycles. The van der Waals surface area contributed by atoms with Crippen molar-refractivity contribution in [3.05, 3.63) is 75.8 Å². The van der Waals surface area contributed by atoms with E-state index in [9.17, 15) is 36.2 Å². The van der Waals surface area contributed by atoms with Gasteiger partial charge in [0.1, 0.15) is 0 Å². The van der Waals surface area contributed by atoms with E-state index in [4.69, 9.17) is 23.2 Å². The SMILES string of the molecule is O=C(Nc1c(C(O)(C(F)(F)F)C(F)(F)F)ccc2ccccc12)c1cc(Cl)cc(Cl)c1. The standard InChI is InChI=1S/C20H11Cl2F6NO2/c21-12-7-11(8-13(22)9-12)17(30)29-16-14-4-2-1-3-10(14)5-6-15(16)18(31,19(23,24)25)20(26,27)28/h1-9,31H,(H,29,30). The molecule has 3 rings (SSSR count). The van der Waals surface area contributed by atoms with Gasteiger partial charge < -0.3 is 10.4 Å². The number of rotatable bonds is 3. The Morgan fingerprint density at radius 3 is 1.94 bits per heavy atom. The maximum Gasteiger partial charge on any atom is 0.430 e. The summed E-state index contributed by atoms with van der Waals surface area (Å²) in [5.74, 6) is -1.08. The zero-order valence-corrected chi connectivity index (χ0v) is 16.6. The number of carbonyl (C=O) groups excluding carboxylic acids is 1. The van der Waals surface area contributed by atoms with Crippen LogP contribution in [0.2, 0.25) is 10.0 Å². The quantitative estimate of drug-likeness (QED) is 0.408. The monoisotopic (exact) mass is 481 g/mol. The summed E-state index contributed by atoms with van der Waals surface area (Å²) in [6.07, 6.45) is -12.3. The Hall–Kier alpha value is -2.49. The number of aliphatic hydroxyl groups is 1. The summed E-state index contributed by atoms with van der Waals surface area (Å²) in [7, 11) is 0. The van der Waals surface area contributed by atoms with E-state index in [1.165, 1.54) is 30.3 Å². The van der Waals surface area contributed by atoms with Crippen LogP contribution < -0.4 is 5.32 Å². The molecule has 0 radical (unpaired) electrons. The third-order valence-corrected chi connectivity index (χ3v) is 4.94. The molecule has 0 fully saturated rings. The van der Waals surface area contributed by atoms with Crippen molar-refractivity contribution in [1.82, 2.24) is 0 Å². The summed E-state index contributed by atoms with van der Waals surface area (Å²) in [5, 5.41) is 12.1. The fraction of sp³-hybridized carbons (Fsp3) is 0.150. The molecular weight excluding hydrogens is 471 g/mol. The second-order valence-electron chi connectivity index (χ2n) is 6.53. The van der Waals surface area contributed by atoms with E-state index in [0.29, 0.717) is 6.07 Å². The normalized spacial score (nSPS) is 12.8. The van der Waals surface area contributed by atoms with Crippen LogP contribution in [0.1, 0.15) is 15.9 Å². The van der Waals surface area contributed by atoms with E-state index in [1.54, 1.807) is 0 Å². The number of hydrogen-bond donors (Lipinski definition) is 2. The highest BCUT2D eigenvalue weighted by Crippen LogP contribution is 2.53. The molecule has 2 N–H and O–H groups in total. The van der Waals surface area contributed by atoms with Crippen LogP contribution in [0.4, 0.5) is 32.0 Å². The Morgan fingerprint density at radius 2 is 1.39 bits per heavy atom. The van der Waals surface area contributed by atoms with Crippen molar-refractivity contribution >= 4 is 45.6 Å². The minimum Gasteiger partial charge on any atom is -0.369 e. The fourth-order valence-electron chi connectivity index (χ4n) is 3.04. The van der Waals surface area contributed by atoms with Crippen molar-refractivity contribution in [1.29, 1.82) is 0 Å². The Balaban J connectivity index is 2.27. The molecule has 0 aliphatic heterocycles. The van der Waals surface area contributed by atoms with Crippen LogP contribution in [0.25, 0.3) is 10.8 Å². The van der Waals surface area contributed by atoms with E-state index < -0.39 is 35.1 Å². The molecule has 0 spiro atoms. The first kappa shape index (κ1) is 23.2. The molecule has 3 aromatic carbocycles. The van der Waals surface area contributed by atoms with Crippen LogP contribution >= 0.6 is 23.2 Å². The Bertz CT molecular complexity index is 1130. The number of nitrogens with one attached hydrogen (secondary N) is 1. The number of alkyl halides is 6. The summed E-state index contributed by atoms with van der Waals surface area (Å²) in [6, 6.07) is 10.5. The predicted molar refractivity (Wildman–Crippen MR) is 104 cm³/mol. The number of anilines is 1. The zero-order chi connectivity index (χ0) is 23.2. The second kappa shape index (κ2) is 7.89. The lowest BCUT2D eigenvalue weighted by Crippen LogP contribution is -2.54. The smallest absolute Gasteiger partial charge is 0.369 e. The molecule has 0 unspecified atom stereocenters. The van der Waals surface area contributed by atoms with Crippen molar-refractivity contribution in [2.45, 2.75) is 18.0 Å². The number of fused-ring (bicyclic) bond motifs is 1. The van der Waals surface area contributed by atoms with Gasteiger partial charge in [-0.2, -0.15) is 26.3 Å². The van der Waals surface area contributed by atoms with E-state index >= 15 is 0 Å². The van der Waals surface area contributed by atoms with Gasteiger partial charge in [-0.25, -0.2) is 0 Å². The van der Waals surface area contributed by atoms with Crippen LogP contribution in [0.15, 0.2) is 54.6 Å². The first-order valence-corrected chi connectivity index (χ1v) is 9.17. The summed E-state index contributed by atoms with van der Waals surface area (Å²) < 4.78 is 81.1. The number of halogens is 8. The lowest BCUT2D eigenvalue weighted by molar-refractivity contribution is -0.375. The molecule has 0 heterocycles. The summed E-state index contributed by atoms with van der Waals surface area (Å²) in [5.41, 5.74) is -7.87. The molecule has 0 aliphatic carbocycles. The minimum absolute atomic E-state index is 0.0258. The number of benzene rings is 3. The highest BCUT2D eigenvalue weighted by molar-refractivity contribution is 6.35. The van der Waals surface area contributed by atoms with Crippen molar-refractivity contribution in [3.63, 3.8) is 0 Å². The molecule has 0 aliphatic rings. The largest absolute Gasteiger partial charge is 0.430 e. The molecule has 11 heteroatoms. The average Bonchev–Trinajstić information content (AvgIpc) is 2.65. The third-order valence-electron chi connectivity index (χ3n) is 4.50. The maximum absolute atomic E-state index is 13.5. The molecule has 31 heavy (non-hydrogen) atoms. The van der Waals surface area contributed by atoms with Gasteiger partial charge in [0.2, 0.25) is 0 Å². The molecule has 1 amide bonds. The van der Waals surface area contributed by atoms with Gasteiger partial charge >= 0.3 is 12.4 Å². The Labute approximate surface area is 181 Å². The van der Waals surface area contributed by atoms with E-state index in [-0.39, 0.29) is 26.4 Å². The Kier molecular flexibility index (Phi) is 5.90.